The number of ether oxygens (including phenoxy) is 1. The summed E-state index contributed by atoms with van der Waals surface area (Å²) >= 11 is 1.62. The van der Waals surface area contributed by atoms with Crippen LogP contribution in [0.2, 0.25) is 0 Å². The molecule has 1 spiro atoms. The molecule has 3 aliphatic heterocycles. The number of benzene rings is 2. The van der Waals surface area contributed by atoms with Crippen LogP contribution in [0.15, 0.2) is 73.8 Å². The van der Waals surface area contributed by atoms with Gasteiger partial charge in [0.25, 0.3) is 0 Å². The van der Waals surface area contributed by atoms with Crippen LogP contribution in [0.3, 0.4) is 0 Å². The molecule has 2 unspecified atom stereocenters. The molecular formula is C34H40N6O5S. The van der Waals surface area contributed by atoms with E-state index in [1.165, 1.54) is 0 Å². The van der Waals surface area contributed by atoms with Crippen molar-refractivity contribution in [2.75, 3.05) is 37.7 Å². The summed E-state index contributed by atoms with van der Waals surface area (Å²) in [5.41, 5.74) is 2.21. The van der Waals surface area contributed by atoms with Crippen LogP contribution in [-0.2, 0) is 21.1 Å². The Bertz CT molecular complexity index is 1630. The first kappa shape index (κ1) is 31.8. The Morgan fingerprint density at radius 2 is 1.89 bits per heavy atom. The molecule has 5 atom stereocenters. The van der Waals surface area contributed by atoms with E-state index in [1.807, 2.05) is 55.5 Å². The Morgan fingerprint density at radius 3 is 2.61 bits per heavy atom. The highest BCUT2D eigenvalue weighted by Gasteiger charge is 2.74. The molecule has 1 N–H and O–H groups in total. The number of rotatable bonds is 14. The van der Waals surface area contributed by atoms with Crippen molar-refractivity contribution in [1.82, 2.24) is 24.8 Å². The molecular weight excluding hydrogens is 604 g/mol. The van der Waals surface area contributed by atoms with Crippen molar-refractivity contribution in [3.05, 3.63) is 73.8 Å². The molecule has 12 heteroatoms. The largest absolute Gasteiger partial charge is 0.494 e. The Morgan fingerprint density at radius 1 is 1.13 bits per heavy atom. The van der Waals surface area contributed by atoms with Gasteiger partial charge in [0.2, 0.25) is 17.7 Å². The van der Waals surface area contributed by atoms with Gasteiger partial charge in [-0.1, -0.05) is 29.5 Å². The Labute approximate surface area is 272 Å². The smallest absolute Gasteiger partial charge is 0.248 e. The van der Waals surface area contributed by atoms with E-state index in [1.54, 1.807) is 43.3 Å². The lowest BCUT2D eigenvalue weighted by molar-refractivity contribution is -0.143. The molecule has 4 heterocycles. The first-order chi connectivity index (χ1) is 22.4. The molecule has 1 aromatic heterocycles. The van der Waals surface area contributed by atoms with Gasteiger partial charge in [-0.25, -0.2) is 4.68 Å². The Balaban J connectivity index is 1.34. The predicted octanol–water partition coefficient (Wildman–Crippen LogP) is 3.49. The number of hydrogen-bond donors (Lipinski definition) is 1. The molecule has 6 rings (SSSR count). The van der Waals surface area contributed by atoms with Crippen LogP contribution in [-0.4, -0.2) is 96.5 Å². The Hall–Kier alpha value is -4.16. The Kier molecular flexibility index (Phi) is 9.19. The van der Waals surface area contributed by atoms with Gasteiger partial charge in [0, 0.05) is 37.2 Å². The third kappa shape index (κ3) is 5.37. The normalized spacial score (nSPS) is 24.7. The summed E-state index contributed by atoms with van der Waals surface area (Å²) in [5, 5.41) is 18.2. The topological polar surface area (TPSA) is 121 Å². The summed E-state index contributed by atoms with van der Waals surface area (Å²) in [7, 11) is 0. The number of aliphatic hydroxyl groups excluding tert-OH is 1. The minimum atomic E-state index is -0.794. The molecule has 11 nitrogen and oxygen atoms in total. The number of carbonyl (C=O) groups is 3. The quantitative estimate of drug-likeness (QED) is 0.265. The van der Waals surface area contributed by atoms with Gasteiger partial charge in [0.15, 0.2) is 0 Å². The molecule has 3 aromatic rings. The second-order valence-corrected chi connectivity index (χ2v) is 13.5. The summed E-state index contributed by atoms with van der Waals surface area (Å²) in [4.78, 5) is 48.6. The number of aromatic nitrogens is 3. The maximum atomic E-state index is 14.7. The van der Waals surface area contributed by atoms with Crippen LogP contribution < -0.4 is 9.64 Å². The van der Waals surface area contributed by atoms with E-state index in [4.69, 9.17) is 4.74 Å². The minimum Gasteiger partial charge on any atom is -0.494 e. The first-order valence-corrected chi connectivity index (χ1v) is 16.7. The highest BCUT2D eigenvalue weighted by Crippen LogP contribution is 2.66. The van der Waals surface area contributed by atoms with Crippen molar-refractivity contribution in [1.29, 1.82) is 0 Å². The summed E-state index contributed by atoms with van der Waals surface area (Å²) in [6.45, 7) is 11.0. The predicted molar refractivity (Wildman–Crippen MR) is 177 cm³/mol. The zero-order chi connectivity index (χ0) is 32.4. The average molecular weight is 645 g/mol. The number of thioether (sulfide) groups is 1. The molecule has 3 amide bonds. The number of para-hydroxylation sites is 1. The molecule has 0 saturated carbocycles. The lowest BCUT2D eigenvalue weighted by atomic mass is 9.70. The van der Waals surface area contributed by atoms with E-state index in [0.29, 0.717) is 30.9 Å². The highest BCUT2D eigenvalue weighted by atomic mass is 32.2. The zero-order valence-electron chi connectivity index (χ0n) is 26.0. The monoisotopic (exact) mass is 644 g/mol. The fourth-order valence-corrected chi connectivity index (χ4v) is 9.65. The van der Waals surface area contributed by atoms with Gasteiger partial charge >= 0.3 is 0 Å². The van der Waals surface area contributed by atoms with Gasteiger partial charge in [-0.05, 0) is 62.6 Å². The zero-order valence-corrected chi connectivity index (χ0v) is 26.8. The maximum absolute atomic E-state index is 14.7. The third-order valence-electron chi connectivity index (χ3n) is 9.30. The minimum absolute atomic E-state index is 0.0983. The van der Waals surface area contributed by atoms with E-state index < -0.39 is 22.6 Å². The van der Waals surface area contributed by atoms with Crippen LogP contribution in [0, 0.1) is 11.8 Å². The second kappa shape index (κ2) is 13.3. The fraction of sp³-hybridized carbons (Fsp3) is 0.441. The average Bonchev–Trinajstić information content (AvgIpc) is 3.82. The number of nitrogens with zero attached hydrogens (tertiary/aromatic N) is 6. The van der Waals surface area contributed by atoms with Crippen LogP contribution in [0.5, 0.6) is 5.75 Å². The van der Waals surface area contributed by atoms with Gasteiger partial charge in [0.1, 0.15) is 24.0 Å². The molecule has 3 fully saturated rings. The highest BCUT2D eigenvalue weighted by molar-refractivity contribution is 8.02. The molecule has 3 saturated heterocycles. The van der Waals surface area contributed by atoms with Gasteiger partial charge < -0.3 is 24.5 Å². The second-order valence-electron chi connectivity index (χ2n) is 11.9. The van der Waals surface area contributed by atoms with Crippen molar-refractivity contribution < 1.29 is 24.2 Å². The molecule has 242 valence electrons. The van der Waals surface area contributed by atoms with Gasteiger partial charge in [0.05, 0.1) is 28.7 Å². The van der Waals surface area contributed by atoms with E-state index in [-0.39, 0.29) is 55.9 Å². The fourth-order valence-electron chi connectivity index (χ4n) is 7.45. The molecule has 2 bridgehead atoms. The lowest BCUT2D eigenvalue weighted by Crippen LogP contribution is -2.55. The van der Waals surface area contributed by atoms with Crippen molar-refractivity contribution in [3.8, 4) is 5.75 Å². The molecule has 2 aromatic carbocycles. The summed E-state index contributed by atoms with van der Waals surface area (Å²) in [5.74, 6) is -1.11. The summed E-state index contributed by atoms with van der Waals surface area (Å²) < 4.78 is 6.50. The maximum Gasteiger partial charge on any atom is 0.248 e. The van der Waals surface area contributed by atoms with E-state index in [2.05, 4.69) is 23.5 Å². The molecule has 0 radical (unpaired) electrons. The van der Waals surface area contributed by atoms with Crippen molar-refractivity contribution >= 4 is 46.2 Å². The number of hydrogen-bond acceptors (Lipinski definition) is 8. The van der Waals surface area contributed by atoms with E-state index in [0.717, 1.165) is 17.5 Å². The van der Waals surface area contributed by atoms with Gasteiger partial charge in [-0.3, -0.25) is 14.4 Å². The van der Waals surface area contributed by atoms with E-state index >= 15 is 0 Å². The number of likely N-dealkylation sites (tertiary alicyclic amines) is 1. The first-order valence-electron chi connectivity index (χ1n) is 15.8. The molecule has 46 heavy (non-hydrogen) atoms. The third-order valence-corrected chi connectivity index (χ3v) is 11.3. The standard InChI is InChI=1S/C34H40N6O5S/c1-4-18-37(22-40-26-11-8-7-10-25(26)35-36-40)33(44)30-34-17-16-27(46-34)28(29(34)32(43)39(30)20-9-21-41)31(42)38(19-5-2)23-12-14-24(15-13-23)45-6-3/h4-5,7-8,10-15,27-30,41H,1-2,6,9,16-22H2,3H3/t27-,28+,29+,30?,34?/m1/s1. The molecule has 3 aliphatic rings. The number of aliphatic hydroxyl groups is 1. The number of carbonyl (C=O) groups excluding carboxylic acids is 3. The summed E-state index contributed by atoms with van der Waals surface area (Å²) in [6.07, 6.45) is 5.05. The number of fused-ring (bicyclic) bond motifs is 2. The van der Waals surface area contributed by atoms with E-state index in [9.17, 15) is 19.5 Å². The number of anilines is 1. The number of amides is 3. The van der Waals surface area contributed by atoms with Crippen molar-refractivity contribution in [2.24, 2.45) is 11.8 Å². The SMILES string of the molecule is C=CCN(Cn1nnc2ccccc21)C(=O)C1N(CCCO)C(=O)[C@@H]2[C@@H](C(=O)N(CC=C)c3ccc(OCC)cc3)[C@H]3CCC12S3. The van der Waals surface area contributed by atoms with Crippen LogP contribution >= 0.6 is 11.8 Å². The lowest BCUT2D eigenvalue weighted by Gasteiger charge is -2.37. The van der Waals surface area contributed by atoms with Gasteiger partial charge in [-0.15, -0.1) is 30.0 Å². The molecule has 0 aliphatic carbocycles. The van der Waals surface area contributed by atoms with Crippen molar-refractivity contribution in [3.63, 3.8) is 0 Å². The van der Waals surface area contributed by atoms with Crippen LogP contribution in [0.4, 0.5) is 5.69 Å². The van der Waals surface area contributed by atoms with Gasteiger partial charge in [-0.2, -0.15) is 0 Å². The van der Waals surface area contributed by atoms with Crippen LogP contribution in [0.25, 0.3) is 11.0 Å². The van der Waals surface area contributed by atoms with Crippen molar-refractivity contribution in [2.45, 2.75) is 48.9 Å². The van der Waals surface area contributed by atoms with Crippen LogP contribution in [0.1, 0.15) is 26.2 Å². The summed E-state index contributed by atoms with van der Waals surface area (Å²) in [6, 6.07) is 14.1.